The van der Waals surface area contributed by atoms with Gasteiger partial charge in [-0.3, -0.25) is 4.79 Å². The molecule has 28 heavy (non-hydrogen) atoms. The molecule has 1 fully saturated rings. The van der Waals surface area contributed by atoms with Gasteiger partial charge < -0.3 is 20.3 Å². The number of carbonyl (C=O) groups is 1. The highest BCUT2D eigenvalue weighted by Crippen LogP contribution is 2.32. The molecule has 1 saturated heterocycles. The van der Waals surface area contributed by atoms with Crippen LogP contribution in [0.25, 0.3) is 10.3 Å². The highest BCUT2D eigenvalue weighted by molar-refractivity contribution is 7.21. The topological polar surface area (TPSA) is 79.4 Å². The molecule has 1 aromatic carbocycles. The number of carbonyl (C=O) groups excluding carboxylic acids is 1. The van der Waals surface area contributed by atoms with E-state index in [1.54, 1.807) is 19.4 Å². The second-order valence-electron chi connectivity index (χ2n) is 6.50. The zero-order chi connectivity index (χ0) is 19.3. The van der Waals surface area contributed by atoms with Crippen LogP contribution in [-0.2, 0) is 11.2 Å². The number of ether oxygens (including phenoxy) is 1. The van der Waals surface area contributed by atoms with E-state index in [1.807, 2.05) is 6.07 Å². The van der Waals surface area contributed by atoms with E-state index in [0.717, 1.165) is 48.8 Å². The third kappa shape index (κ3) is 3.79. The summed E-state index contributed by atoms with van der Waals surface area (Å²) in [5, 5.41) is 6.13. The maximum atomic E-state index is 12.7. The summed E-state index contributed by atoms with van der Waals surface area (Å²) in [6.45, 7) is 3.88. The van der Waals surface area contributed by atoms with Crippen LogP contribution in [0.4, 0.5) is 11.4 Å². The maximum absolute atomic E-state index is 12.7. The third-order valence-corrected chi connectivity index (χ3v) is 5.89. The fourth-order valence-electron chi connectivity index (χ4n) is 3.44. The molecule has 1 aliphatic rings. The molecule has 3 heterocycles. The molecule has 1 aliphatic heterocycles. The van der Waals surface area contributed by atoms with Gasteiger partial charge in [0.1, 0.15) is 15.2 Å². The number of rotatable bonds is 6. The Labute approximate surface area is 167 Å². The molecule has 1 amide bonds. The van der Waals surface area contributed by atoms with Crippen molar-refractivity contribution in [1.82, 2.24) is 15.3 Å². The molecule has 7 nitrogen and oxygen atoms in total. The summed E-state index contributed by atoms with van der Waals surface area (Å²) in [4.78, 5) is 25.1. The minimum absolute atomic E-state index is 0.0991. The SMILES string of the molecule is CNc1c(C(=O)NCCc2ccccc2N2CCOCC2)sc2nccnc12. The lowest BCUT2D eigenvalue weighted by atomic mass is 10.1. The lowest BCUT2D eigenvalue weighted by molar-refractivity contribution is 0.0959. The minimum Gasteiger partial charge on any atom is -0.385 e. The van der Waals surface area contributed by atoms with Gasteiger partial charge in [0.2, 0.25) is 0 Å². The zero-order valence-corrected chi connectivity index (χ0v) is 16.6. The lowest BCUT2D eigenvalue weighted by Gasteiger charge is -2.30. The van der Waals surface area contributed by atoms with Gasteiger partial charge >= 0.3 is 0 Å². The fourth-order valence-corrected chi connectivity index (χ4v) is 4.47. The summed E-state index contributed by atoms with van der Waals surface area (Å²) in [7, 11) is 1.80. The summed E-state index contributed by atoms with van der Waals surface area (Å²) >= 11 is 1.36. The molecule has 0 atom stereocenters. The molecule has 0 aliphatic carbocycles. The number of fused-ring (bicyclic) bond motifs is 1. The van der Waals surface area contributed by atoms with E-state index in [9.17, 15) is 4.79 Å². The van der Waals surface area contributed by atoms with Gasteiger partial charge in [-0.1, -0.05) is 18.2 Å². The third-order valence-electron chi connectivity index (χ3n) is 4.81. The molecule has 146 valence electrons. The zero-order valence-electron chi connectivity index (χ0n) is 15.8. The average Bonchev–Trinajstić information content (AvgIpc) is 3.13. The molecule has 8 heteroatoms. The van der Waals surface area contributed by atoms with E-state index < -0.39 is 0 Å². The summed E-state index contributed by atoms with van der Waals surface area (Å²) in [6, 6.07) is 8.38. The van der Waals surface area contributed by atoms with E-state index in [-0.39, 0.29) is 5.91 Å². The first-order valence-electron chi connectivity index (χ1n) is 9.38. The van der Waals surface area contributed by atoms with E-state index >= 15 is 0 Å². The minimum atomic E-state index is -0.0991. The average molecular weight is 398 g/mol. The number of nitrogens with zero attached hydrogens (tertiary/aromatic N) is 3. The van der Waals surface area contributed by atoms with Crippen LogP contribution in [0.2, 0.25) is 0 Å². The summed E-state index contributed by atoms with van der Waals surface area (Å²) in [5.41, 5.74) is 3.93. The van der Waals surface area contributed by atoms with Crippen LogP contribution < -0.4 is 15.5 Å². The first-order valence-corrected chi connectivity index (χ1v) is 10.2. The summed E-state index contributed by atoms with van der Waals surface area (Å²) in [5.74, 6) is -0.0991. The van der Waals surface area contributed by atoms with E-state index in [4.69, 9.17) is 4.74 Å². The van der Waals surface area contributed by atoms with Crippen molar-refractivity contribution in [2.45, 2.75) is 6.42 Å². The first kappa shape index (κ1) is 18.6. The number of hydrogen-bond acceptors (Lipinski definition) is 7. The van der Waals surface area contributed by atoms with Crippen molar-refractivity contribution in [2.24, 2.45) is 0 Å². The molecule has 0 radical (unpaired) electrons. The van der Waals surface area contributed by atoms with Crippen LogP contribution in [-0.4, -0.2) is 55.8 Å². The standard InChI is InChI=1S/C20H23N5O2S/c1-21-16-17-20(24-9-8-22-17)28-18(16)19(26)23-7-6-14-4-2-3-5-15(14)25-10-12-27-13-11-25/h2-5,8-9,21H,6-7,10-13H2,1H3,(H,23,26). The molecule has 0 unspecified atom stereocenters. The number of nitrogens with one attached hydrogen (secondary N) is 2. The van der Waals surface area contributed by atoms with Gasteiger partial charge in [0, 0.05) is 44.8 Å². The molecule has 0 saturated carbocycles. The molecule has 0 spiro atoms. The molecular formula is C20H23N5O2S. The van der Waals surface area contributed by atoms with Gasteiger partial charge in [-0.2, -0.15) is 0 Å². The summed E-state index contributed by atoms with van der Waals surface area (Å²) < 4.78 is 5.46. The summed E-state index contributed by atoms with van der Waals surface area (Å²) in [6.07, 6.45) is 4.05. The largest absolute Gasteiger partial charge is 0.385 e. The Kier molecular flexibility index (Phi) is 5.68. The van der Waals surface area contributed by atoms with Crippen LogP contribution >= 0.6 is 11.3 Å². The molecule has 3 aromatic rings. The van der Waals surface area contributed by atoms with Crippen LogP contribution in [0.1, 0.15) is 15.2 Å². The van der Waals surface area contributed by atoms with E-state index in [0.29, 0.717) is 11.4 Å². The monoisotopic (exact) mass is 397 g/mol. The Morgan fingerprint density at radius 2 is 2.00 bits per heavy atom. The van der Waals surface area contributed by atoms with Gasteiger partial charge in [0.05, 0.1) is 18.9 Å². The lowest BCUT2D eigenvalue weighted by Crippen LogP contribution is -2.37. The van der Waals surface area contributed by atoms with Gasteiger partial charge in [-0.15, -0.1) is 11.3 Å². The van der Waals surface area contributed by atoms with Crippen molar-refractivity contribution >= 4 is 39.0 Å². The number of para-hydroxylation sites is 1. The maximum Gasteiger partial charge on any atom is 0.263 e. The normalized spacial score (nSPS) is 14.2. The fraction of sp³-hybridized carbons (Fsp3) is 0.350. The Morgan fingerprint density at radius 1 is 1.21 bits per heavy atom. The number of aromatic nitrogens is 2. The van der Waals surface area contributed by atoms with Gasteiger partial charge in [-0.25, -0.2) is 9.97 Å². The van der Waals surface area contributed by atoms with Crippen LogP contribution in [0, 0.1) is 0 Å². The second kappa shape index (κ2) is 8.53. The van der Waals surface area contributed by atoms with Gasteiger partial charge in [0.25, 0.3) is 5.91 Å². The first-order chi connectivity index (χ1) is 13.8. The number of thiophene rings is 1. The number of hydrogen-bond donors (Lipinski definition) is 2. The smallest absolute Gasteiger partial charge is 0.263 e. The van der Waals surface area contributed by atoms with Crippen LogP contribution in [0.15, 0.2) is 36.7 Å². The Hall–Kier alpha value is -2.71. The predicted octanol–water partition coefficient (Wildman–Crippen LogP) is 2.54. The Morgan fingerprint density at radius 3 is 2.82 bits per heavy atom. The van der Waals surface area contributed by atoms with Crippen molar-refractivity contribution in [3.8, 4) is 0 Å². The van der Waals surface area contributed by atoms with E-state index in [1.165, 1.54) is 22.6 Å². The van der Waals surface area contributed by atoms with Gasteiger partial charge in [-0.05, 0) is 18.1 Å². The molecule has 0 bridgehead atoms. The number of amides is 1. The second-order valence-corrected chi connectivity index (χ2v) is 7.50. The van der Waals surface area contributed by atoms with Crippen LogP contribution in [0.3, 0.4) is 0 Å². The Balaban J connectivity index is 1.44. The van der Waals surface area contributed by atoms with Gasteiger partial charge in [0.15, 0.2) is 0 Å². The molecule has 2 aromatic heterocycles. The van der Waals surface area contributed by atoms with Crippen molar-refractivity contribution < 1.29 is 9.53 Å². The van der Waals surface area contributed by atoms with Crippen molar-refractivity contribution in [1.29, 1.82) is 0 Å². The predicted molar refractivity (Wildman–Crippen MR) is 112 cm³/mol. The molecular weight excluding hydrogens is 374 g/mol. The number of anilines is 2. The van der Waals surface area contributed by atoms with Crippen molar-refractivity contribution in [3.05, 3.63) is 47.1 Å². The number of benzene rings is 1. The van der Waals surface area contributed by atoms with E-state index in [2.05, 4.69) is 43.7 Å². The highest BCUT2D eigenvalue weighted by Gasteiger charge is 2.19. The quantitative estimate of drug-likeness (QED) is 0.666. The molecule has 4 rings (SSSR count). The van der Waals surface area contributed by atoms with Crippen molar-refractivity contribution in [3.63, 3.8) is 0 Å². The highest BCUT2D eigenvalue weighted by atomic mass is 32.1. The Bertz CT molecular complexity index is 968. The number of morpholine rings is 1. The van der Waals surface area contributed by atoms with Crippen molar-refractivity contribution in [2.75, 3.05) is 50.1 Å². The van der Waals surface area contributed by atoms with Crippen LogP contribution in [0.5, 0.6) is 0 Å². The molecule has 2 N–H and O–H groups in total.